The van der Waals surface area contributed by atoms with E-state index in [1.165, 1.54) is 5.56 Å². The number of aromatic nitrogens is 2. The number of benzene rings is 2. The minimum Gasteiger partial charge on any atom is -0.490 e. The summed E-state index contributed by atoms with van der Waals surface area (Å²) in [5, 5.41) is 3.13. The minimum atomic E-state index is -0.0342. The molecule has 1 saturated heterocycles. The number of carbonyl (C=O) groups is 1. The third kappa shape index (κ3) is 5.59. The number of hydrogen-bond acceptors (Lipinski definition) is 5. The Morgan fingerprint density at radius 3 is 2.79 bits per heavy atom. The lowest BCUT2D eigenvalue weighted by molar-refractivity contribution is -0.125. The van der Waals surface area contributed by atoms with Crippen molar-refractivity contribution in [3.8, 4) is 11.5 Å². The van der Waals surface area contributed by atoms with E-state index < -0.39 is 0 Å². The van der Waals surface area contributed by atoms with Crippen LogP contribution in [0.25, 0.3) is 11.0 Å². The van der Waals surface area contributed by atoms with Gasteiger partial charge in [0.15, 0.2) is 11.5 Å². The van der Waals surface area contributed by atoms with Crippen molar-refractivity contribution in [2.24, 2.45) is 5.92 Å². The van der Waals surface area contributed by atoms with Crippen LogP contribution in [0.15, 0.2) is 36.4 Å². The van der Waals surface area contributed by atoms with Gasteiger partial charge in [0.05, 0.1) is 30.2 Å². The molecule has 1 fully saturated rings. The van der Waals surface area contributed by atoms with Gasteiger partial charge in [-0.3, -0.25) is 4.79 Å². The molecule has 4 rings (SSSR count). The fourth-order valence-corrected chi connectivity index (χ4v) is 4.37. The van der Waals surface area contributed by atoms with Crippen LogP contribution in [0.5, 0.6) is 11.5 Å². The maximum atomic E-state index is 12.9. The number of ether oxygens (including phenoxy) is 2. The number of hydrogen-bond donors (Lipinski definition) is 2. The largest absolute Gasteiger partial charge is 0.490 e. The Hall–Kier alpha value is -3.22. The smallest absolute Gasteiger partial charge is 0.224 e. The van der Waals surface area contributed by atoms with Crippen molar-refractivity contribution in [3.05, 3.63) is 47.5 Å². The fraction of sp³-hybridized carbons (Fsp3) is 0.462. The van der Waals surface area contributed by atoms with E-state index in [2.05, 4.69) is 34.3 Å². The van der Waals surface area contributed by atoms with Crippen molar-refractivity contribution < 1.29 is 14.3 Å². The third-order valence-electron chi connectivity index (χ3n) is 6.04. The first kappa shape index (κ1) is 23.0. The molecule has 3 aromatic rings. The van der Waals surface area contributed by atoms with Crippen LogP contribution in [-0.2, 0) is 11.2 Å². The van der Waals surface area contributed by atoms with Crippen molar-refractivity contribution in [3.63, 3.8) is 0 Å². The molecule has 176 valence electrons. The molecule has 7 heteroatoms. The summed E-state index contributed by atoms with van der Waals surface area (Å²) < 4.78 is 11.3. The number of aromatic amines is 1. The van der Waals surface area contributed by atoms with E-state index in [9.17, 15) is 4.79 Å². The Balaban J connectivity index is 1.32. The highest BCUT2D eigenvalue weighted by Gasteiger charge is 2.27. The molecule has 0 unspecified atom stereocenters. The van der Waals surface area contributed by atoms with Crippen LogP contribution < -0.4 is 19.7 Å². The first-order valence-electron chi connectivity index (χ1n) is 11.9. The molecule has 0 bridgehead atoms. The van der Waals surface area contributed by atoms with Crippen molar-refractivity contribution in [1.82, 2.24) is 15.3 Å². The summed E-state index contributed by atoms with van der Waals surface area (Å²) in [7, 11) is 0. The Bertz CT molecular complexity index is 1090. The van der Waals surface area contributed by atoms with Gasteiger partial charge in [-0.2, -0.15) is 0 Å². The zero-order chi connectivity index (χ0) is 23.2. The number of nitrogens with one attached hydrogen (secondary N) is 2. The lowest BCUT2D eigenvalue weighted by Crippen LogP contribution is -2.43. The van der Waals surface area contributed by atoms with Crippen LogP contribution >= 0.6 is 0 Å². The van der Waals surface area contributed by atoms with Crippen LogP contribution in [-0.4, -0.2) is 48.7 Å². The second-order valence-corrected chi connectivity index (χ2v) is 8.55. The van der Waals surface area contributed by atoms with E-state index >= 15 is 0 Å². The van der Waals surface area contributed by atoms with Crippen molar-refractivity contribution in [2.45, 2.75) is 40.0 Å². The molecule has 0 saturated carbocycles. The molecule has 1 amide bonds. The predicted octanol–water partition coefficient (Wildman–Crippen LogP) is 4.24. The van der Waals surface area contributed by atoms with E-state index in [-0.39, 0.29) is 11.8 Å². The topological polar surface area (TPSA) is 79.5 Å². The predicted molar refractivity (Wildman–Crippen MR) is 131 cm³/mol. The Labute approximate surface area is 195 Å². The molecule has 1 aromatic heterocycles. The minimum absolute atomic E-state index is 0.0342. The van der Waals surface area contributed by atoms with Gasteiger partial charge in [0.25, 0.3) is 0 Å². The Morgan fingerprint density at radius 1 is 1.15 bits per heavy atom. The van der Waals surface area contributed by atoms with Gasteiger partial charge >= 0.3 is 0 Å². The second-order valence-electron chi connectivity index (χ2n) is 8.55. The van der Waals surface area contributed by atoms with Crippen LogP contribution in [0.2, 0.25) is 0 Å². The number of fused-ring (bicyclic) bond motifs is 1. The number of nitrogens with zero attached hydrogens (tertiary/aromatic N) is 2. The van der Waals surface area contributed by atoms with Crippen molar-refractivity contribution >= 4 is 22.9 Å². The average molecular weight is 451 g/mol. The quantitative estimate of drug-likeness (QED) is 0.510. The maximum Gasteiger partial charge on any atom is 0.224 e. The van der Waals surface area contributed by atoms with Gasteiger partial charge in [0.2, 0.25) is 11.9 Å². The summed E-state index contributed by atoms with van der Waals surface area (Å²) in [6, 6.07) is 12.2. The van der Waals surface area contributed by atoms with E-state index in [0.717, 1.165) is 59.9 Å². The standard InChI is InChI=1S/C26H34N4O3/c1-4-32-23-11-9-19(16-24(23)33-5-2)12-13-27-25(31)20-7-6-14-30(17-20)26-28-21-10-8-18(3)15-22(21)29-26/h8-11,15-16,20H,4-7,12-14,17H2,1-3H3,(H,27,31)(H,28,29)/t20-/m0/s1. The molecule has 2 aromatic carbocycles. The zero-order valence-corrected chi connectivity index (χ0v) is 19.8. The summed E-state index contributed by atoms with van der Waals surface area (Å²) in [4.78, 5) is 23.2. The number of piperidine rings is 1. The van der Waals surface area contributed by atoms with Gasteiger partial charge in [0.1, 0.15) is 0 Å². The van der Waals surface area contributed by atoms with E-state index in [1.807, 2.05) is 38.1 Å². The molecular weight excluding hydrogens is 416 g/mol. The molecule has 0 spiro atoms. The molecule has 33 heavy (non-hydrogen) atoms. The van der Waals surface area contributed by atoms with E-state index in [4.69, 9.17) is 14.5 Å². The normalized spacial score (nSPS) is 16.1. The van der Waals surface area contributed by atoms with Crippen LogP contribution in [0.3, 0.4) is 0 Å². The third-order valence-corrected chi connectivity index (χ3v) is 6.04. The summed E-state index contributed by atoms with van der Waals surface area (Å²) in [5.41, 5.74) is 4.32. The molecule has 0 aliphatic carbocycles. The van der Waals surface area contributed by atoms with Gasteiger partial charge in [-0.25, -0.2) is 4.98 Å². The molecule has 2 N–H and O–H groups in total. The number of amides is 1. The Morgan fingerprint density at radius 2 is 1.97 bits per heavy atom. The number of carbonyl (C=O) groups excluding carboxylic acids is 1. The van der Waals surface area contributed by atoms with E-state index in [0.29, 0.717) is 26.3 Å². The first-order chi connectivity index (χ1) is 16.1. The highest BCUT2D eigenvalue weighted by molar-refractivity contribution is 5.80. The lowest BCUT2D eigenvalue weighted by atomic mass is 9.97. The van der Waals surface area contributed by atoms with Crippen molar-refractivity contribution in [2.75, 3.05) is 37.7 Å². The summed E-state index contributed by atoms with van der Waals surface area (Å²) >= 11 is 0. The molecule has 2 heterocycles. The zero-order valence-electron chi connectivity index (χ0n) is 19.8. The maximum absolute atomic E-state index is 12.9. The van der Waals surface area contributed by atoms with Gasteiger partial charge in [0, 0.05) is 19.6 Å². The second kappa shape index (κ2) is 10.6. The monoisotopic (exact) mass is 450 g/mol. The molecule has 1 aliphatic heterocycles. The highest BCUT2D eigenvalue weighted by Crippen LogP contribution is 2.29. The fourth-order valence-electron chi connectivity index (χ4n) is 4.37. The van der Waals surface area contributed by atoms with Gasteiger partial charge in [-0.05, 0) is 75.4 Å². The van der Waals surface area contributed by atoms with Crippen LogP contribution in [0, 0.1) is 12.8 Å². The highest BCUT2D eigenvalue weighted by atomic mass is 16.5. The molecule has 1 atom stereocenters. The first-order valence-corrected chi connectivity index (χ1v) is 11.9. The van der Waals surface area contributed by atoms with Gasteiger partial charge < -0.3 is 24.7 Å². The molecule has 1 aliphatic rings. The lowest BCUT2D eigenvalue weighted by Gasteiger charge is -2.31. The molecule has 0 radical (unpaired) electrons. The Kier molecular flexibility index (Phi) is 7.37. The van der Waals surface area contributed by atoms with E-state index in [1.54, 1.807) is 0 Å². The van der Waals surface area contributed by atoms with Crippen LogP contribution in [0.1, 0.15) is 37.8 Å². The molecule has 7 nitrogen and oxygen atoms in total. The van der Waals surface area contributed by atoms with Crippen LogP contribution in [0.4, 0.5) is 5.95 Å². The van der Waals surface area contributed by atoms with Gasteiger partial charge in [-0.1, -0.05) is 12.1 Å². The average Bonchev–Trinajstić information content (AvgIpc) is 3.24. The number of aryl methyl sites for hydroxylation is 1. The summed E-state index contributed by atoms with van der Waals surface area (Å²) in [6.45, 7) is 9.37. The van der Waals surface area contributed by atoms with Gasteiger partial charge in [-0.15, -0.1) is 0 Å². The number of H-pyrrole nitrogens is 1. The summed E-state index contributed by atoms with van der Waals surface area (Å²) in [5.74, 6) is 2.45. The SMILES string of the molecule is CCOc1ccc(CCNC(=O)[C@H]2CCCN(c3nc4ccc(C)cc4[nH]3)C2)cc1OCC. The summed E-state index contributed by atoms with van der Waals surface area (Å²) in [6.07, 6.45) is 2.63. The molecular formula is C26H34N4O3. The number of anilines is 1. The number of imidazole rings is 1. The van der Waals surface area contributed by atoms with Crippen molar-refractivity contribution in [1.29, 1.82) is 0 Å². The number of rotatable bonds is 9.